The number of sulfone groups is 1. The quantitative estimate of drug-likeness (QED) is 0.912. The number of nitrogens with zero attached hydrogens (tertiary/aromatic N) is 1. The molecule has 0 radical (unpaired) electrons. The van der Waals surface area contributed by atoms with E-state index in [9.17, 15) is 8.42 Å². The van der Waals surface area contributed by atoms with Crippen LogP contribution in [0.15, 0.2) is 23.7 Å². The van der Waals surface area contributed by atoms with Crippen molar-refractivity contribution in [2.24, 2.45) is 0 Å². The van der Waals surface area contributed by atoms with Gasteiger partial charge >= 0.3 is 0 Å². The third kappa shape index (κ3) is 3.28. The Labute approximate surface area is 111 Å². The van der Waals surface area contributed by atoms with E-state index in [2.05, 4.69) is 16.4 Å². The van der Waals surface area contributed by atoms with Crippen LogP contribution < -0.4 is 5.32 Å². The van der Waals surface area contributed by atoms with Crippen molar-refractivity contribution >= 4 is 31.4 Å². The molecule has 0 aliphatic rings. The number of thiophene rings is 1. The van der Waals surface area contributed by atoms with Crippen LogP contribution in [-0.4, -0.2) is 32.5 Å². The molecule has 2 heterocycles. The van der Waals surface area contributed by atoms with Crippen LogP contribution in [-0.2, 0) is 9.84 Å². The molecule has 2 rings (SSSR count). The molecule has 98 valence electrons. The van der Waals surface area contributed by atoms with Gasteiger partial charge in [-0.2, -0.15) is 0 Å². The predicted octanol–water partition coefficient (Wildman–Crippen LogP) is 1.99. The van der Waals surface area contributed by atoms with Crippen LogP contribution in [0.2, 0.25) is 0 Å². The summed E-state index contributed by atoms with van der Waals surface area (Å²) in [5, 5.41) is 5.15. The Morgan fingerprint density at radius 1 is 1.50 bits per heavy atom. The molecule has 0 aliphatic heterocycles. The molecule has 2 aromatic heterocycles. The van der Waals surface area contributed by atoms with Gasteiger partial charge in [0.15, 0.2) is 0 Å². The summed E-state index contributed by atoms with van der Waals surface area (Å²) in [6.45, 7) is 0. The van der Waals surface area contributed by atoms with E-state index in [1.807, 2.05) is 24.7 Å². The second kappa shape index (κ2) is 5.34. The molecule has 0 spiro atoms. The van der Waals surface area contributed by atoms with Gasteiger partial charge in [-0.1, -0.05) is 0 Å². The lowest BCUT2D eigenvalue weighted by Gasteiger charge is -2.15. The van der Waals surface area contributed by atoms with Gasteiger partial charge in [0.1, 0.15) is 9.84 Å². The highest BCUT2D eigenvalue weighted by molar-refractivity contribution is 7.90. The molecule has 0 aliphatic carbocycles. The normalized spacial score (nSPS) is 13.9. The molecule has 0 aromatic carbocycles. The van der Waals surface area contributed by atoms with Crippen LogP contribution in [0, 0.1) is 0 Å². The second-order valence-corrected chi connectivity index (χ2v) is 7.54. The molecule has 18 heavy (non-hydrogen) atoms. The third-order valence-electron chi connectivity index (χ3n) is 2.85. The zero-order valence-corrected chi connectivity index (χ0v) is 12.0. The minimum absolute atomic E-state index is 0.0266. The highest BCUT2D eigenvalue weighted by atomic mass is 32.2. The van der Waals surface area contributed by atoms with E-state index in [1.54, 1.807) is 11.3 Å². The monoisotopic (exact) mass is 284 g/mol. The largest absolute Gasteiger partial charge is 0.313 e. The van der Waals surface area contributed by atoms with E-state index in [1.165, 1.54) is 6.26 Å². The average molecular weight is 284 g/mol. The van der Waals surface area contributed by atoms with Crippen molar-refractivity contribution in [1.29, 1.82) is 0 Å². The molecule has 4 nitrogen and oxygen atoms in total. The third-order valence-corrected chi connectivity index (χ3v) is 4.68. The first kappa shape index (κ1) is 13.5. The van der Waals surface area contributed by atoms with E-state index in [-0.39, 0.29) is 11.8 Å². The number of hydrogen-bond donors (Lipinski definition) is 1. The molecule has 1 N–H and O–H groups in total. The number of aromatic nitrogens is 1. The van der Waals surface area contributed by atoms with Crippen molar-refractivity contribution in [3.63, 3.8) is 0 Å². The lowest BCUT2D eigenvalue weighted by molar-refractivity contribution is 0.558. The van der Waals surface area contributed by atoms with E-state index in [0.29, 0.717) is 6.42 Å². The standard InChI is InChI=1S/C12H16N2O2S2/c1-13-10(4-6-18(2,15)16)9-7-12-11(14-8-9)3-5-17-12/h3,5,7-8,10,13H,4,6H2,1-2H3. The molecule has 1 atom stereocenters. The van der Waals surface area contributed by atoms with Gasteiger partial charge in [-0.3, -0.25) is 4.98 Å². The summed E-state index contributed by atoms with van der Waals surface area (Å²) in [6, 6.07) is 4.09. The van der Waals surface area contributed by atoms with Gasteiger partial charge in [-0.25, -0.2) is 8.42 Å². The van der Waals surface area contributed by atoms with E-state index in [0.717, 1.165) is 15.8 Å². The van der Waals surface area contributed by atoms with E-state index < -0.39 is 9.84 Å². The Morgan fingerprint density at radius 2 is 2.28 bits per heavy atom. The predicted molar refractivity (Wildman–Crippen MR) is 75.7 cm³/mol. The van der Waals surface area contributed by atoms with Crippen molar-refractivity contribution in [3.8, 4) is 0 Å². The summed E-state index contributed by atoms with van der Waals surface area (Å²) in [4.78, 5) is 4.38. The fourth-order valence-corrected chi connectivity index (χ4v) is 3.31. The van der Waals surface area contributed by atoms with E-state index >= 15 is 0 Å². The summed E-state index contributed by atoms with van der Waals surface area (Å²) in [6.07, 6.45) is 3.65. The van der Waals surface area contributed by atoms with Crippen molar-refractivity contribution in [2.75, 3.05) is 19.1 Å². The van der Waals surface area contributed by atoms with Gasteiger partial charge in [0.2, 0.25) is 0 Å². The summed E-state index contributed by atoms with van der Waals surface area (Å²) in [5.74, 6) is 0.182. The minimum atomic E-state index is -2.93. The van der Waals surface area contributed by atoms with Crippen molar-refractivity contribution in [3.05, 3.63) is 29.3 Å². The first-order chi connectivity index (χ1) is 8.49. The Hall–Kier alpha value is -0.980. The summed E-state index contributed by atoms with van der Waals surface area (Å²) < 4.78 is 23.6. The number of fused-ring (bicyclic) bond motifs is 1. The lowest BCUT2D eigenvalue weighted by Crippen LogP contribution is -2.20. The molecule has 0 saturated carbocycles. The maximum atomic E-state index is 11.2. The summed E-state index contributed by atoms with van der Waals surface area (Å²) >= 11 is 1.64. The van der Waals surface area contributed by atoms with Gasteiger partial charge < -0.3 is 5.32 Å². The summed E-state index contributed by atoms with van der Waals surface area (Å²) in [7, 11) is -1.09. The second-order valence-electron chi connectivity index (χ2n) is 4.33. The summed E-state index contributed by atoms with van der Waals surface area (Å²) in [5.41, 5.74) is 2.03. The number of pyridine rings is 1. The molecule has 0 saturated heterocycles. The first-order valence-corrected chi connectivity index (χ1v) is 8.62. The minimum Gasteiger partial charge on any atom is -0.313 e. The molecule has 1 unspecified atom stereocenters. The van der Waals surface area contributed by atoms with Crippen LogP contribution in [0.25, 0.3) is 10.2 Å². The SMILES string of the molecule is CNC(CCS(C)(=O)=O)c1cnc2ccsc2c1. The zero-order valence-electron chi connectivity index (χ0n) is 10.4. The van der Waals surface area contributed by atoms with Gasteiger partial charge in [-0.05, 0) is 36.5 Å². The van der Waals surface area contributed by atoms with Gasteiger partial charge in [0.05, 0.1) is 16.0 Å². The fraction of sp³-hybridized carbons (Fsp3) is 0.417. The Bertz CT molecular complexity index is 634. The smallest absolute Gasteiger partial charge is 0.147 e. The maximum Gasteiger partial charge on any atom is 0.147 e. The van der Waals surface area contributed by atoms with Gasteiger partial charge in [0, 0.05) is 18.5 Å². The van der Waals surface area contributed by atoms with Crippen LogP contribution in [0.1, 0.15) is 18.0 Å². The highest BCUT2D eigenvalue weighted by Crippen LogP contribution is 2.24. The molecular weight excluding hydrogens is 268 g/mol. The lowest BCUT2D eigenvalue weighted by atomic mass is 10.1. The van der Waals surface area contributed by atoms with Crippen molar-refractivity contribution < 1.29 is 8.42 Å². The molecule has 6 heteroatoms. The molecule has 0 bridgehead atoms. The Morgan fingerprint density at radius 3 is 2.94 bits per heavy atom. The number of rotatable bonds is 5. The fourth-order valence-electron chi connectivity index (χ4n) is 1.86. The van der Waals surface area contributed by atoms with Crippen molar-refractivity contribution in [2.45, 2.75) is 12.5 Å². The number of nitrogens with one attached hydrogen (secondary N) is 1. The molecule has 2 aromatic rings. The Balaban J connectivity index is 2.20. The molecular formula is C12H16N2O2S2. The average Bonchev–Trinajstić information content (AvgIpc) is 2.75. The molecule has 0 amide bonds. The van der Waals surface area contributed by atoms with Gasteiger partial charge in [-0.15, -0.1) is 11.3 Å². The number of hydrogen-bond acceptors (Lipinski definition) is 5. The topological polar surface area (TPSA) is 59.1 Å². The van der Waals surface area contributed by atoms with Crippen LogP contribution in [0.4, 0.5) is 0 Å². The van der Waals surface area contributed by atoms with Crippen LogP contribution in [0.3, 0.4) is 0 Å². The van der Waals surface area contributed by atoms with Crippen molar-refractivity contribution in [1.82, 2.24) is 10.3 Å². The Kier molecular flexibility index (Phi) is 3.99. The van der Waals surface area contributed by atoms with Crippen LogP contribution >= 0.6 is 11.3 Å². The van der Waals surface area contributed by atoms with Crippen LogP contribution in [0.5, 0.6) is 0 Å². The zero-order chi connectivity index (χ0) is 13.2. The highest BCUT2D eigenvalue weighted by Gasteiger charge is 2.13. The molecule has 0 fully saturated rings. The van der Waals surface area contributed by atoms with Gasteiger partial charge in [0.25, 0.3) is 0 Å². The first-order valence-electron chi connectivity index (χ1n) is 5.68. The maximum absolute atomic E-state index is 11.2. The van der Waals surface area contributed by atoms with E-state index in [4.69, 9.17) is 0 Å².